The minimum Gasteiger partial charge on any atom is -0.324 e. The average Bonchev–Trinajstić information content (AvgIpc) is 3.07. The first-order valence-corrected chi connectivity index (χ1v) is 9.54. The summed E-state index contributed by atoms with van der Waals surface area (Å²) >= 11 is 4.68. The molecule has 132 valence electrons. The molecule has 0 aliphatic carbocycles. The second-order valence-corrected chi connectivity index (χ2v) is 8.00. The molecule has 0 aliphatic rings. The molecule has 8 heteroatoms. The Morgan fingerprint density at radius 3 is 2.54 bits per heavy atom. The SMILES string of the molecule is C=C(C)n1c(SC(Br)C(=O)Nc2ccccc2)nnc1-c1ccncc1. The van der Waals surface area contributed by atoms with Gasteiger partial charge in [-0.15, -0.1) is 10.2 Å². The third kappa shape index (κ3) is 4.20. The van der Waals surface area contributed by atoms with Crippen LogP contribution in [0.3, 0.4) is 0 Å². The van der Waals surface area contributed by atoms with E-state index in [1.54, 1.807) is 12.4 Å². The van der Waals surface area contributed by atoms with E-state index in [1.807, 2.05) is 54.0 Å². The van der Waals surface area contributed by atoms with Gasteiger partial charge in [-0.1, -0.05) is 52.5 Å². The molecular weight excluding hydrogens is 414 g/mol. The zero-order chi connectivity index (χ0) is 18.5. The number of hydrogen-bond acceptors (Lipinski definition) is 5. The molecule has 0 spiro atoms. The van der Waals surface area contributed by atoms with Crippen molar-refractivity contribution in [3.63, 3.8) is 0 Å². The second-order valence-electron chi connectivity index (χ2n) is 5.40. The number of hydrogen-bond donors (Lipinski definition) is 1. The number of thioether (sulfide) groups is 1. The second kappa shape index (κ2) is 8.29. The van der Waals surface area contributed by atoms with Gasteiger partial charge in [0.2, 0.25) is 5.91 Å². The Morgan fingerprint density at radius 1 is 1.19 bits per heavy atom. The number of pyridine rings is 1. The molecule has 1 aromatic carbocycles. The molecule has 1 amide bonds. The summed E-state index contributed by atoms with van der Waals surface area (Å²) in [5.41, 5.74) is 2.37. The Kier molecular flexibility index (Phi) is 5.85. The third-order valence-electron chi connectivity index (χ3n) is 3.41. The Labute approximate surface area is 163 Å². The van der Waals surface area contributed by atoms with Crippen LogP contribution in [-0.2, 0) is 4.79 Å². The monoisotopic (exact) mass is 429 g/mol. The molecule has 2 aromatic heterocycles. The smallest absolute Gasteiger partial charge is 0.248 e. The molecule has 0 bridgehead atoms. The summed E-state index contributed by atoms with van der Waals surface area (Å²) in [4.78, 5) is 16.4. The molecule has 26 heavy (non-hydrogen) atoms. The number of nitrogens with one attached hydrogen (secondary N) is 1. The molecule has 3 rings (SSSR count). The summed E-state index contributed by atoms with van der Waals surface area (Å²) in [6.45, 7) is 5.87. The molecule has 0 fully saturated rings. The van der Waals surface area contributed by atoms with E-state index in [1.165, 1.54) is 11.8 Å². The number of allylic oxidation sites excluding steroid dienone is 1. The van der Waals surface area contributed by atoms with Crippen molar-refractivity contribution < 1.29 is 4.79 Å². The lowest BCUT2D eigenvalue weighted by atomic mass is 10.2. The molecule has 3 aromatic rings. The van der Waals surface area contributed by atoms with Gasteiger partial charge >= 0.3 is 0 Å². The zero-order valence-corrected chi connectivity index (χ0v) is 16.4. The topological polar surface area (TPSA) is 72.7 Å². The standard InChI is InChI=1S/C18H16BrN5OS/c1-12(2)24-16(13-8-10-20-11-9-13)22-23-18(24)26-15(19)17(25)21-14-6-4-3-5-7-14/h3-11,15H,1H2,2H3,(H,21,25). The number of aromatic nitrogens is 4. The van der Waals surface area contributed by atoms with E-state index in [0.717, 1.165) is 16.9 Å². The molecule has 0 aliphatic heterocycles. The van der Waals surface area contributed by atoms with E-state index < -0.39 is 4.16 Å². The van der Waals surface area contributed by atoms with Crippen molar-refractivity contribution in [1.29, 1.82) is 0 Å². The number of nitrogens with zero attached hydrogens (tertiary/aromatic N) is 4. The highest BCUT2D eigenvalue weighted by Crippen LogP contribution is 2.31. The van der Waals surface area contributed by atoms with Crippen LogP contribution in [0.4, 0.5) is 5.69 Å². The number of carbonyl (C=O) groups excluding carboxylic acids is 1. The summed E-state index contributed by atoms with van der Waals surface area (Å²) in [6.07, 6.45) is 3.39. The van der Waals surface area contributed by atoms with Gasteiger partial charge in [-0.25, -0.2) is 0 Å². The van der Waals surface area contributed by atoms with Crippen molar-refractivity contribution in [2.24, 2.45) is 0 Å². The van der Waals surface area contributed by atoms with E-state index in [0.29, 0.717) is 11.0 Å². The van der Waals surface area contributed by atoms with E-state index >= 15 is 0 Å². The van der Waals surface area contributed by atoms with Gasteiger partial charge in [-0.3, -0.25) is 14.3 Å². The summed E-state index contributed by atoms with van der Waals surface area (Å²) in [7, 11) is 0. The number of carbonyl (C=O) groups is 1. The van der Waals surface area contributed by atoms with Gasteiger partial charge in [-0.05, 0) is 31.2 Å². The van der Waals surface area contributed by atoms with Gasteiger partial charge in [0.15, 0.2) is 11.0 Å². The maximum atomic E-state index is 12.4. The Balaban J connectivity index is 1.80. The molecule has 0 saturated carbocycles. The van der Waals surface area contributed by atoms with Crippen LogP contribution in [0.2, 0.25) is 0 Å². The van der Waals surface area contributed by atoms with Gasteiger partial charge in [0.1, 0.15) is 4.16 Å². The number of benzene rings is 1. The highest BCUT2D eigenvalue weighted by atomic mass is 79.9. The Bertz CT molecular complexity index is 914. The maximum absolute atomic E-state index is 12.4. The van der Waals surface area contributed by atoms with E-state index in [9.17, 15) is 4.79 Å². The predicted molar refractivity (Wildman–Crippen MR) is 108 cm³/mol. The number of anilines is 1. The zero-order valence-electron chi connectivity index (χ0n) is 14.0. The molecule has 6 nitrogen and oxygen atoms in total. The predicted octanol–water partition coefficient (Wildman–Crippen LogP) is 4.28. The van der Waals surface area contributed by atoms with Crippen LogP contribution in [0.1, 0.15) is 6.92 Å². The van der Waals surface area contributed by atoms with Gasteiger partial charge in [0, 0.05) is 29.3 Å². The fraction of sp³-hybridized carbons (Fsp3) is 0.111. The van der Waals surface area contributed by atoms with Crippen molar-refractivity contribution in [3.8, 4) is 11.4 Å². The van der Waals surface area contributed by atoms with Crippen LogP contribution < -0.4 is 5.32 Å². The van der Waals surface area contributed by atoms with Crippen LogP contribution in [0.5, 0.6) is 0 Å². The number of amides is 1. The minimum atomic E-state index is -0.532. The van der Waals surface area contributed by atoms with Gasteiger partial charge in [-0.2, -0.15) is 0 Å². The fourth-order valence-electron chi connectivity index (χ4n) is 2.24. The van der Waals surface area contributed by atoms with Crippen LogP contribution in [0, 0.1) is 0 Å². The number of alkyl halides is 1. The highest BCUT2D eigenvalue weighted by molar-refractivity contribution is 9.11. The van der Waals surface area contributed by atoms with Gasteiger partial charge < -0.3 is 5.32 Å². The molecule has 0 radical (unpaired) electrons. The van der Waals surface area contributed by atoms with Crippen LogP contribution in [0.15, 0.2) is 66.6 Å². The summed E-state index contributed by atoms with van der Waals surface area (Å²) < 4.78 is 1.29. The molecule has 2 heterocycles. The van der Waals surface area contributed by atoms with Gasteiger partial charge in [0.05, 0.1) is 0 Å². The van der Waals surface area contributed by atoms with Crippen molar-refractivity contribution in [1.82, 2.24) is 19.7 Å². The maximum Gasteiger partial charge on any atom is 0.248 e. The number of rotatable bonds is 6. The van der Waals surface area contributed by atoms with E-state index in [4.69, 9.17) is 0 Å². The largest absolute Gasteiger partial charge is 0.324 e. The summed E-state index contributed by atoms with van der Waals surface area (Å²) in [5, 5.41) is 11.9. The van der Waals surface area contributed by atoms with Crippen molar-refractivity contribution >= 4 is 45.0 Å². The van der Waals surface area contributed by atoms with Crippen molar-refractivity contribution in [2.75, 3.05) is 5.32 Å². The number of para-hydroxylation sites is 1. The summed E-state index contributed by atoms with van der Waals surface area (Å²) in [5.74, 6) is 0.480. The Morgan fingerprint density at radius 2 is 1.88 bits per heavy atom. The van der Waals surface area contributed by atoms with Crippen molar-refractivity contribution in [3.05, 3.63) is 61.4 Å². The fourth-order valence-corrected chi connectivity index (χ4v) is 3.65. The number of halogens is 1. The van der Waals surface area contributed by atoms with Gasteiger partial charge in [0.25, 0.3) is 0 Å². The van der Waals surface area contributed by atoms with E-state index in [2.05, 4.69) is 43.0 Å². The van der Waals surface area contributed by atoms with Crippen molar-refractivity contribution in [2.45, 2.75) is 16.2 Å². The lowest BCUT2D eigenvalue weighted by molar-refractivity contribution is -0.114. The average molecular weight is 430 g/mol. The highest BCUT2D eigenvalue weighted by Gasteiger charge is 2.22. The quantitative estimate of drug-likeness (QED) is 0.467. The molecule has 1 unspecified atom stereocenters. The Hall–Kier alpha value is -2.45. The molecule has 1 atom stereocenters. The lowest BCUT2D eigenvalue weighted by Crippen LogP contribution is -2.20. The van der Waals surface area contributed by atoms with Crippen LogP contribution in [0.25, 0.3) is 17.1 Å². The van der Waals surface area contributed by atoms with Crippen LogP contribution >= 0.6 is 27.7 Å². The normalized spacial score (nSPS) is 11.8. The van der Waals surface area contributed by atoms with Crippen LogP contribution in [-0.4, -0.2) is 29.8 Å². The van der Waals surface area contributed by atoms with E-state index in [-0.39, 0.29) is 5.91 Å². The summed E-state index contributed by atoms with van der Waals surface area (Å²) in [6, 6.07) is 13.0. The molecule has 1 N–H and O–H groups in total. The minimum absolute atomic E-state index is 0.178. The first kappa shape index (κ1) is 18.3. The molecule has 0 saturated heterocycles. The lowest BCUT2D eigenvalue weighted by Gasteiger charge is -2.12. The first-order chi connectivity index (χ1) is 12.6. The first-order valence-electron chi connectivity index (χ1n) is 7.74. The third-order valence-corrected chi connectivity index (χ3v) is 5.28. The molecular formula is C18H16BrN5OS.